The Morgan fingerprint density at radius 1 is 1.17 bits per heavy atom. The summed E-state index contributed by atoms with van der Waals surface area (Å²) in [5.74, 6) is -2.31. The Labute approximate surface area is 136 Å². The summed E-state index contributed by atoms with van der Waals surface area (Å²) in [6.07, 6.45) is -0.0401. The van der Waals surface area contributed by atoms with Crippen molar-refractivity contribution in [2.45, 2.75) is 30.7 Å². The van der Waals surface area contributed by atoms with E-state index in [4.69, 9.17) is 5.11 Å². The molecule has 0 aromatic heterocycles. The molecule has 7 nitrogen and oxygen atoms in total. The number of hydrogen-bond acceptors (Lipinski definition) is 5. The second-order valence-electron chi connectivity index (χ2n) is 5.15. The molecule has 124 valence electrons. The van der Waals surface area contributed by atoms with Gasteiger partial charge in [-0.15, -0.1) is 11.8 Å². The minimum atomic E-state index is -1.11. The molecule has 1 unspecified atom stereocenters. The lowest BCUT2D eigenvalue weighted by molar-refractivity contribution is -0.149. The second-order valence-corrected chi connectivity index (χ2v) is 6.26. The number of phenols is 1. The predicted octanol–water partition coefficient (Wildman–Crippen LogP) is 1.67. The number of phenolic OH excluding ortho intramolecular Hbond substituents is 1. The second kappa shape index (κ2) is 7.36. The molecule has 0 radical (unpaired) electrons. The lowest BCUT2D eigenvalue weighted by Crippen LogP contribution is -2.42. The number of rotatable bonds is 6. The summed E-state index contributed by atoms with van der Waals surface area (Å²) in [7, 11) is 0. The molecule has 8 heteroatoms. The van der Waals surface area contributed by atoms with E-state index in [9.17, 15) is 24.6 Å². The molecule has 1 aliphatic rings. The van der Waals surface area contributed by atoms with E-state index in [1.807, 2.05) is 0 Å². The zero-order valence-electron chi connectivity index (χ0n) is 12.2. The van der Waals surface area contributed by atoms with Crippen molar-refractivity contribution in [3.63, 3.8) is 0 Å². The molecule has 1 fully saturated rings. The minimum absolute atomic E-state index is 0.000579. The van der Waals surface area contributed by atoms with Gasteiger partial charge < -0.3 is 20.2 Å². The number of carboxylic acids is 2. The normalized spacial score (nSPS) is 20.4. The topological polar surface area (TPSA) is 115 Å². The molecule has 1 aromatic rings. The summed E-state index contributed by atoms with van der Waals surface area (Å²) in [5, 5.41) is 27.3. The minimum Gasteiger partial charge on any atom is -0.508 e. The fourth-order valence-electron chi connectivity index (χ4n) is 2.46. The van der Waals surface area contributed by atoms with Crippen molar-refractivity contribution in [1.82, 2.24) is 4.90 Å². The SMILES string of the molecule is O=C(O)CCCC(=O)N1C(c2ccccc2O)SC[C@H]1C(=O)O. The van der Waals surface area contributed by atoms with Crippen molar-refractivity contribution in [3.8, 4) is 5.75 Å². The standard InChI is InChI=1S/C15H17NO6S/c17-11-5-2-1-4-9(11)14-16(10(8-23-14)15(21)22)12(18)6-3-7-13(19)20/h1-2,4-5,10,14,17H,3,6-8H2,(H,19,20)(H,21,22)/t10-,14?/m0/s1. The molecular weight excluding hydrogens is 322 g/mol. The van der Waals surface area contributed by atoms with E-state index in [0.717, 1.165) is 0 Å². The van der Waals surface area contributed by atoms with Gasteiger partial charge in [-0.25, -0.2) is 4.79 Å². The molecule has 1 aromatic carbocycles. The molecule has 3 N–H and O–H groups in total. The first-order valence-corrected chi connectivity index (χ1v) is 8.12. The number of aliphatic carboxylic acids is 2. The summed E-state index contributed by atoms with van der Waals surface area (Å²) in [5.41, 5.74) is 0.479. The van der Waals surface area contributed by atoms with E-state index >= 15 is 0 Å². The van der Waals surface area contributed by atoms with E-state index in [-0.39, 0.29) is 30.8 Å². The highest BCUT2D eigenvalue weighted by atomic mass is 32.2. The van der Waals surface area contributed by atoms with E-state index < -0.39 is 29.3 Å². The zero-order chi connectivity index (χ0) is 17.0. The predicted molar refractivity (Wildman–Crippen MR) is 83.1 cm³/mol. The van der Waals surface area contributed by atoms with Crippen LogP contribution in [0.2, 0.25) is 0 Å². The van der Waals surface area contributed by atoms with E-state index in [2.05, 4.69) is 0 Å². The summed E-state index contributed by atoms with van der Waals surface area (Å²) in [4.78, 5) is 35.6. The third-order valence-corrected chi connectivity index (χ3v) is 4.86. The fraction of sp³-hybridized carbons (Fsp3) is 0.400. The molecule has 0 spiro atoms. The molecule has 0 bridgehead atoms. The Hall–Kier alpha value is -2.22. The summed E-state index contributed by atoms with van der Waals surface area (Å²) < 4.78 is 0. The Balaban J connectivity index is 2.21. The van der Waals surface area contributed by atoms with Crippen LogP contribution in [0.25, 0.3) is 0 Å². The van der Waals surface area contributed by atoms with Crippen LogP contribution in [0.1, 0.15) is 30.2 Å². The average Bonchev–Trinajstić information content (AvgIpc) is 2.92. The zero-order valence-corrected chi connectivity index (χ0v) is 13.0. The smallest absolute Gasteiger partial charge is 0.327 e. The van der Waals surface area contributed by atoms with E-state index in [1.165, 1.54) is 22.7 Å². The highest BCUT2D eigenvalue weighted by Gasteiger charge is 2.42. The molecule has 1 aliphatic heterocycles. The monoisotopic (exact) mass is 339 g/mol. The van der Waals surface area contributed by atoms with E-state index in [1.54, 1.807) is 18.2 Å². The van der Waals surface area contributed by atoms with Crippen LogP contribution in [0.3, 0.4) is 0 Å². The van der Waals surface area contributed by atoms with Gasteiger partial charge >= 0.3 is 11.9 Å². The molecule has 23 heavy (non-hydrogen) atoms. The number of thioether (sulfide) groups is 1. The summed E-state index contributed by atoms with van der Waals surface area (Å²) in [6, 6.07) is 5.50. The van der Waals surface area contributed by atoms with Gasteiger partial charge in [-0.3, -0.25) is 9.59 Å². The summed E-state index contributed by atoms with van der Waals surface area (Å²) >= 11 is 1.27. The largest absolute Gasteiger partial charge is 0.508 e. The maximum absolute atomic E-state index is 12.4. The van der Waals surface area contributed by atoms with Gasteiger partial charge in [0.2, 0.25) is 5.91 Å². The number of carbonyl (C=O) groups is 3. The third kappa shape index (κ3) is 3.95. The Kier molecular flexibility index (Phi) is 5.49. The van der Waals surface area contributed by atoms with Gasteiger partial charge in [0.1, 0.15) is 17.2 Å². The third-order valence-electron chi connectivity index (χ3n) is 3.56. The molecule has 0 aliphatic carbocycles. The van der Waals surface area contributed by atoms with Crippen LogP contribution >= 0.6 is 11.8 Å². The van der Waals surface area contributed by atoms with Crippen molar-refractivity contribution in [2.24, 2.45) is 0 Å². The van der Waals surface area contributed by atoms with Crippen molar-refractivity contribution < 1.29 is 29.7 Å². The average molecular weight is 339 g/mol. The number of aromatic hydroxyl groups is 1. The van der Waals surface area contributed by atoms with Crippen molar-refractivity contribution in [1.29, 1.82) is 0 Å². The quantitative estimate of drug-likeness (QED) is 0.722. The van der Waals surface area contributed by atoms with Crippen molar-refractivity contribution in [3.05, 3.63) is 29.8 Å². The first-order valence-electron chi connectivity index (χ1n) is 7.07. The number of amides is 1. The molecule has 1 saturated heterocycles. The van der Waals surface area contributed by atoms with Crippen LogP contribution in [0.15, 0.2) is 24.3 Å². The van der Waals surface area contributed by atoms with Crippen LogP contribution in [-0.2, 0) is 14.4 Å². The number of benzene rings is 1. The lowest BCUT2D eigenvalue weighted by atomic mass is 10.1. The molecule has 1 heterocycles. The molecule has 2 atom stereocenters. The molecular formula is C15H17NO6S. The number of nitrogens with zero attached hydrogens (tertiary/aromatic N) is 1. The number of para-hydroxylation sites is 1. The van der Waals surface area contributed by atoms with Gasteiger partial charge in [-0.2, -0.15) is 0 Å². The first-order chi connectivity index (χ1) is 10.9. The van der Waals surface area contributed by atoms with Gasteiger partial charge in [0, 0.05) is 24.2 Å². The van der Waals surface area contributed by atoms with Crippen LogP contribution in [0.4, 0.5) is 0 Å². The lowest BCUT2D eigenvalue weighted by Gasteiger charge is -2.28. The van der Waals surface area contributed by atoms with Crippen LogP contribution in [0.5, 0.6) is 5.75 Å². The highest BCUT2D eigenvalue weighted by molar-refractivity contribution is 7.99. The maximum Gasteiger partial charge on any atom is 0.327 e. The van der Waals surface area contributed by atoms with Crippen molar-refractivity contribution >= 4 is 29.6 Å². The van der Waals surface area contributed by atoms with Crippen molar-refractivity contribution in [2.75, 3.05) is 5.75 Å². The molecule has 0 saturated carbocycles. The van der Waals surface area contributed by atoms with Gasteiger partial charge in [0.05, 0.1) is 0 Å². The van der Waals surface area contributed by atoms with E-state index in [0.29, 0.717) is 5.56 Å². The number of carboxylic acid groups (broad SMARTS) is 2. The maximum atomic E-state index is 12.4. The van der Waals surface area contributed by atoms with Crippen LogP contribution in [-0.4, -0.2) is 49.9 Å². The Morgan fingerprint density at radius 3 is 2.48 bits per heavy atom. The van der Waals surface area contributed by atoms with Gasteiger partial charge in [0.15, 0.2) is 0 Å². The van der Waals surface area contributed by atoms with Gasteiger partial charge in [0.25, 0.3) is 0 Å². The van der Waals surface area contributed by atoms with Gasteiger partial charge in [-0.1, -0.05) is 18.2 Å². The fourth-order valence-corrected chi connectivity index (χ4v) is 3.93. The number of carbonyl (C=O) groups excluding carboxylic acids is 1. The summed E-state index contributed by atoms with van der Waals surface area (Å²) in [6.45, 7) is 0. The molecule has 2 rings (SSSR count). The first kappa shape index (κ1) is 17.1. The Morgan fingerprint density at radius 2 is 1.87 bits per heavy atom. The van der Waals surface area contributed by atoms with Gasteiger partial charge in [-0.05, 0) is 12.5 Å². The highest BCUT2D eigenvalue weighted by Crippen LogP contribution is 2.44. The Bertz CT molecular complexity index is 620. The van der Waals surface area contributed by atoms with Crippen LogP contribution in [0, 0.1) is 0 Å². The molecule has 1 amide bonds. The number of hydrogen-bond donors (Lipinski definition) is 3. The van der Waals surface area contributed by atoms with Crippen LogP contribution < -0.4 is 0 Å².